The molecule has 1 aromatic carbocycles. The van der Waals surface area contributed by atoms with E-state index in [4.69, 9.17) is 0 Å². The van der Waals surface area contributed by atoms with Gasteiger partial charge in [-0.15, -0.1) is 0 Å². The number of benzene rings is 1. The van der Waals surface area contributed by atoms with Crippen LogP contribution >= 0.6 is 0 Å². The van der Waals surface area contributed by atoms with Crippen molar-refractivity contribution in [3.63, 3.8) is 0 Å². The Hall–Kier alpha value is -2.39. The molecular weight excluding hydrogens is 323 g/mol. The molecule has 120 valence electrons. The summed E-state index contributed by atoms with van der Waals surface area (Å²) in [6, 6.07) is 4.60. The number of sulfonamides is 1. The molecule has 1 aromatic heterocycles. The first-order valence-electron chi connectivity index (χ1n) is 6.76. The van der Waals surface area contributed by atoms with Crippen LogP contribution < -0.4 is 4.72 Å². The Balaban J connectivity index is 1.64. The molecule has 7 nitrogen and oxygen atoms in total. The van der Waals surface area contributed by atoms with Gasteiger partial charge in [0, 0.05) is 18.3 Å². The van der Waals surface area contributed by atoms with Crippen LogP contribution in [0.2, 0.25) is 0 Å². The van der Waals surface area contributed by atoms with Crippen molar-refractivity contribution in [3.8, 4) is 0 Å². The number of carbonyl (C=O) groups is 1. The topological polar surface area (TPSA) is 92.3 Å². The van der Waals surface area contributed by atoms with Crippen LogP contribution in [-0.4, -0.2) is 35.7 Å². The number of hydrogen-bond acceptors (Lipinski definition) is 5. The highest BCUT2D eigenvalue weighted by molar-refractivity contribution is 7.89. The number of hydrogen-bond donors (Lipinski definition) is 1. The van der Waals surface area contributed by atoms with E-state index in [1.54, 1.807) is 6.20 Å². The second kappa shape index (κ2) is 6.01. The molecular formula is C14H13FN4O3S. The molecule has 1 amide bonds. The van der Waals surface area contributed by atoms with Crippen molar-refractivity contribution in [2.75, 3.05) is 6.54 Å². The third kappa shape index (κ3) is 3.35. The van der Waals surface area contributed by atoms with E-state index in [1.807, 2.05) is 0 Å². The molecule has 3 rings (SSSR count). The van der Waals surface area contributed by atoms with Gasteiger partial charge in [0.2, 0.25) is 15.9 Å². The summed E-state index contributed by atoms with van der Waals surface area (Å²) in [6.07, 6.45) is 3.03. The van der Waals surface area contributed by atoms with Gasteiger partial charge in [-0.2, -0.15) is 0 Å². The van der Waals surface area contributed by atoms with E-state index in [0.29, 0.717) is 13.1 Å². The molecule has 0 unspecified atom stereocenters. The molecule has 0 bridgehead atoms. The molecule has 1 aliphatic rings. The van der Waals surface area contributed by atoms with E-state index in [0.717, 1.165) is 23.4 Å². The molecule has 0 atom stereocenters. The largest absolute Gasteiger partial charge is 0.331 e. The van der Waals surface area contributed by atoms with Crippen molar-refractivity contribution in [3.05, 3.63) is 53.9 Å². The van der Waals surface area contributed by atoms with E-state index in [1.165, 1.54) is 23.4 Å². The minimum atomic E-state index is -3.94. The van der Waals surface area contributed by atoms with Crippen LogP contribution in [0.25, 0.3) is 0 Å². The van der Waals surface area contributed by atoms with Gasteiger partial charge in [0.25, 0.3) is 0 Å². The molecule has 1 aliphatic heterocycles. The van der Waals surface area contributed by atoms with Gasteiger partial charge in [-0.1, -0.05) is 6.07 Å². The van der Waals surface area contributed by atoms with Gasteiger partial charge >= 0.3 is 0 Å². The van der Waals surface area contributed by atoms with Crippen LogP contribution in [-0.2, 0) is 27.9 Å². The molecule has 0 radical (unpaired) electrons. The SMILES string of the molecule is O=C(CNS(=O)(=O)c1cccc(F)c1)N1Cc2cncnc2C1. The summed E-state index contributed by atoms with van der Waals surface area (Å²) in [5.74, 6) is -1.05. The van der Waals surface area contributed by atoms with Gasteiger partial charge in [0.15, 0.2) is 0 Å². The third-order valence-corrected chi connectivity index (χ3v) is 4.85. The zero-order valence-electron chi connectivity index (χ0n) is 11.9. The standard InChI is InChI=1S/C14H13FN4O3S/c15-11-2-1-3-12(4-11)23(21,22)18-6-14(20)19-7-10-5-16-9-17-13(10)8-19/h1-5,9,18H,6-8H2. The monoisotopic (exact) mass is 336 g/mol. The molecule has 2 heterocycles. The first-order chi connectivity index (χ1) is 11.0. The number of rotatable bonds is 4. The maximum Gasteiger partial charge on any atom is 0.241 e. The summed E-state index contributed by atoms with van der Waals surface area (Å²) in [7, 11) is -3.94. The van der Waals surface area contributed by atoms with Crippen LogP contribution in [0.4, 0.5) is 4.39 Å². The zero-order chi connectivity index (χ0) is 16.4. The van der Waals surface area contributed by atoms with E-state index < -0.39 is 22.4 Å². The lowest BCUT2D eigenvalue weighted by atomic mass is 10.3. The normalized spacial score (nSPS) is 13.9. The van der Waals surface area contributed by atoms with Crippen molar-refractivity contribution in [1.29, 1.82) is 0 Å². The van der Waals surface area contributed by atoms with Crippen LogP contribution in [0, 0.1) is 5.82 Å². The Morgan fingerprint density at radius 2 is 2.17 bits per heavy atom. The predicted octanol–water partition coefficient (Wildman–Crippen LogP) is 0.436. The first kappa shape index (κ1) is 15.5. The van der Waals surface area contributed by atoms with Crippen LogP contribution in [0.15, 0.2) is 41.7 Å². The summed E-state index contributed by atoms with van der Waals surface area (Å²) in [4.78, 5) is 21.4. The van der Waals surface area contributed by atoms with Crippen molar-refractivity contribution in [2.45, 2.75) is 18.0 Å². The predicted molar refractivity (Wildman–Crippen MR) is 77.9 cm³/mol. The molecule has 0 spiro atoms. The number of carbonyl (C=O) groups excluding carboxylic acids is 1. The second-order valence-electron chi connectivity index (χ2n) is 5.03. The molecule has 23 heavy (non-hydrogen) atoms. The van der Waals surface area contributed by atoms with Crippen molar-refractivity contribution in [2.24, 2.45) is 0 Å². The Morgan fingerprint density at radius 3 is 2.91 bits per heavy atom. The van der Waals surface area contributed by atoms with Crippen LogP contribution in [0.5, 0.6) is 0 Å². The van der Waals surface area contributed by atoms with Crippen LogP contribution in [0.1, 0.15) is 11.3 Å². The molecule has 2 aromatic rings. The fraction of sp³-hybridized carbons (Fsp3) is 0.214. The maximum atomic E-state index is 13.1. The fourth-order valence-electron chi connectivity index (χ4n) is 2.26. The van der Waals surface area contributed by atoms with Gasteiger partial charge in [-0.3, -0.25) is 4.79 Å². The third-order valence-electron chi connectivity index (χ3n) is 3.46. The molecule has 0 fully saturated rings. The first-order valence-corrected chi connectivity index (χ1v) is 8.25. The molecule has 0 saturated heterocycles. The number of aromatic nitrogens is 2. The van der Waals surface area contributed by atoms with E-state index in [2.05, 4.69) is 14.7 Å². The Kier molecular flexibility index (Phi) is 4.05. The highest BCUT2D eigenvalue weighted by Crippen LogP contribution is 2.19. The van der Waals surface area contributed by atoms with Crippen molar-refractivity contribution < 1.29 is 17.6 Å². The number of amides is 1. The Bertz CT molecular complexity index is 832. The average molecular weight is 336 g/mol. The average Bonchev–Trinajstić information content (AvgIpc) is 2.97. The minimum Gasteiger partial charge on any atom is -0.331 e. The van der Waals surface area contributed by atoms with Crippen LogP contribution in [0.3, 0.4) is 0 Å². The van der Waals surface area contributed by atoms with Crippen molar-refractivity contribution >= 4 is 15.9 Å². The molecule has 0 saturated carbocycles. The van der Waals surface area contributed by atoms with E-state index >= 15 is 0 Å². The van der Waals surface area contributed by atoms with Gasteiger partial charge in [0.05, 0.1) is 23.7 Å². The summed E-state index contributed by atoms with van der Waals surface area (Å²) in [5, 5.41) is 0. The number of nitrogens with one attached hydrogen (secondary N) is 1. The van der Waals surface area contributed by atoms with E-state index in [-0.39, 0.29) is 10.8 Å². The van der Waals surface area contributed by atoms with Gasteiger partial charge < -0.3 is 4.90 Å². The quantitative estimate of drug-likeness (QED) is 0.874. The molecule has 0 aliphatic carbocycles. The van der Waals surface area contributed by atoms with Gasteiger partial charge in [-0.25, -0.2) is 27.5 Å². The lowest BCUT2D eigenvalue weighted by Crippen LogP contribution is -2.37. The summed E-state index contributed by atoms with van der Waals surface area (Å²) < 4.78 is 39.4. The number of halogens is 1. The van der Waals surface area contributed by atoms with Crippen molar-refractivity contribution in [1.82, 2.24) is 19.6 Å². The fourth-order valence-corrected chi connectivity index (χ4v) is 3.27. The number of fused-ring (bicyclic) bond motifs is 1. The smallest absolute Gasteiger partial charge is 0.241 e. The highest BCUT2D eigenvalue weighted by Gasteiger charge is 2.25. The summed E-state index contributed by atoms with van der Waals surface area (Å²) >= 11 is 0. The minimum absolute atomic E-state index is 0.221. The lowest BCUT2D eigenvalue weighted by molar-refractivity contribution is -0.130. The summed E-state index contributed by atoms with van der Waals surface area (Å²) in [6.45, 7) is 0.259. The Morgan fingerprint density at radius 1 is 1.35 bits per heavy atom. The van der Waals surface area contributed by atoms with Gasteiger partial charge in [0.1, 0.15) is 12.1 Å². The van der Waals surface area contributed by atoms with Gasteiger partial charge in [-0.05, 0) is 18.2 Å². The Labute approximate surface area is 132 Å². The van der Waals surface area contributed by atoms with E-state index in [9.17, 15) is 17.6 Å². The summed E-state index contributed by atoms with van der Waals surface area (Å²) in [5.41, 5.74) is 1.59. The number of nitrogens with zero attached hydrogens (tertiary/aromatic N) is 3. The maximum absolute atomic E-state index is 13.1. The molecule has 1 N–H and O–H groups in total. The second-order valence-corrected chi connectivity index (χ2v) is 6.79. The zero-order valence-corrected chi connectivity index (χ0v) is 12.8. The highest BCUT2D eigenvalue weighted by atomic mass is 32.2. The lowest BCUT2D eigenvalue weighted by Gasteiger charge is -2.15. The molecule has 9 heteroatoms.